The lowest BCUT2D eigenvalue weighted by Crippen LogP contribution is -1.92. The lowest BCUT2D eigenvalue weighted by atomic mass is 9.83. The summed E-state index contributed by atoms with van der Waals surface area (Å²) in [4.78, 5) is 0. The van der Waals surface area contributed by atoms with E-state index in [1.807, 2.05) is 18.2 Å². The number of hydrogen-bond acceptors (Lipinski definition) is 2. The van der Waals surface area contributed by atoms with E-state index >= 15 is 0 Å². The van der Waals surface area contributed by atoms with Crippen LogP contribution in [0.15, 0.2) is 191 Å². The summed E-state index contributed by atoms with van der Waals surface area (Å²) in [6, 6.07) is 65.9. The molecule has 0 radical (unpaired) electrons. The van der Waals surface area contributed by atoms with Gasteiger partial charge in [0.25, 0.3) is 0 Å². The highest BCUT2D eigenvalue weighted by Gasteiger charge is 2.20. The van der Waals surface area contributed by atoms with E-state index in [4.69, 9.17) is 8.83 Å². The summed E-state index contributed by atoms with van der Waals surface area (Å²) in [6.45, 7) is 0. The maximum absolute atomic E-state index is 6.50. The number of hydrogen-bond donors (Lipinski definition) is 0. The van der Waals surface area contributed by atoms with Crippen molar-refractivity contribution in [3.8, 4) is 33.4 Å². The Morgan fingerprint density at radius 2 is 0.759 bits per heavy atom. The van der Waals surface area contributed by atoms with Crippen LogP contribution in [0.3, 0.4) is 0 Å². The normalized spacial score (nSPS) is 12.1. The molecule has 0 aliphatic heterocycles. The molecule has 0 spiro atoms. The molecule has 0 bridgehead atoms. The van der Waals surface area contributed by atoms with Gasteiger partial charge < -0.3 is 8.83 Å². The quantitative estimate of drug-likeness (QED) is 0.173. The monoisotopic (exact) mass is 686 g/mol. The van der Waals surface area contributed by atoms with Crippen molar-refractivity contribution in [1.29, 1.82) is 0 Å². The molecule has 0 aliphatic rings. The van der Waals surface area contributed by atoms with Crippen molar-refractivity contribution in [2.45, 2.75) is 0 Å². The molecule has 250 valence electrons. The highest BCUT2D eigenvalue weighted by Crippen LogP contribution is 2.47. The third-order valence-electron chi connectivity index (χ3n) is 11.5. The fraction of sp³-hybridized carbons (Fsp3) is 0. The van der Waals surface area contributed by atoms with Gasteiger partial charge >= 0.3 is 0 Å². The largest absolute Gasteiger partial charge is 0.452 e. The summed E-state index contributed by atoms with van der Waals surface area (Å²) in [7, 11) is 0. The van der Waals surface area contributed by atoms with Crippen LogP contribution in [0.25, 0.3) is 120 Å². The summed E-state index contributed by atoms with van der Waals surface area (Å²) in [6.07, 6.45) is 0. The standard InChI is InChI=1S/C52H30O2/c1-2-12-32-29-34(22-21-31(32)11-1)49-39-16-5-7-18-41(39)50(42-19-8-6-17-40(42)49)43-25-24-35(36-13-3-4-14-37(36)43)33-23-28-48-46(30-33)45-27-26-44-38-15-9-10-20-47(38)53-51(44)52(45)54-48/h1-30H. The number of rotatable bonds is 3. The lowest BCUT2D eigenvalue weighted by molar-refractivity contribution is 0.633. The number of para-hydroxylation sites is 1. The summed E-state index contributed by atoms with van der Waals surface area (Å²) in [5.41, 5.74) is 10.7. The van der Waals surface area contributed by atoms with Crippen molar-refractivity contribution in [3.05, 3.63) is 182 Å². The molecule has 54 heavy (non-hydrogen) atoms. The minimum absolute atomic E-state index is 0.793. The first kappa shape index (κ1) is 29.4. The first-order valence-corrected chi connectivity index (χ1v) is 18.5. The van der Waals surface area contributed by atoms with Crippen molar-refractivity contribution in [2.24, 2.45) is 0 Å². The van der Waals surface area contributed by atoms with E-state index in [0.29, 0.717) is 0 Å². The van der Waals surface area contributed by atoms with Crippen LogP contribution < -0.4 is 0 Å². The van der Waals surface area contributed by atoms with Crippen molar-refractivity contribution >= 4 is 87.0 Å². The van der Waals surface area contributed by atoms with E-state index in [1.165, 1.54) is 70.9 Å². The minimum Gasteiger partial charge on any atom is -0.452 e. The second-order valence-electron chi connectivity index (χ2n) is 14.3. The van der Waals surface area contributed by atoms with Gasteiger partial charge in [-0.1, -0.05) is 146 Å². The average Bonchev–Trinajstić information content (AvgIpc) is 3.81. The van der Waals surface area contributed by atoms with Crippen LogP contribution in [-0.2, 0) is 0 Å². The van der Waals surface area contributed by atoms with Gasteiger partial charge in [0, 0.05) is 21.5 Å². The van der Waals surface area contributed by atoms with Crippen molar-refractivity contribution in [3.63, 3.8) is 0 Å². The Morgan fingerprint density at radius 1 is 0.259 bits per heavy atom. The zero-order valence-corrected chi connectivity index (χ0v) is 29.1. The van der Waals surface area contributed by atoms with Gasteiger partial charge in [0.2, 0.25) is 0 Å². The van der Waals surface area contributed by atoms with Crippen LogP contribution in [0.4, 0.5) is 0 Å². The lowest BCUT2D eigenvalue weighted by Gasteiger charge is -2.20. The molecule has 0 N–H and O–H groups in total. The SMILES string of the molecule is c1ccc2cc(-c3c4ccccc4c(-c4ccc(-c5ccc6oc7c(ccc8c9ccccc9oc87)c6c5)c5ccccc45)c4ccccc34)ccc2c1. The molecule has 12 rings (SSSR count). The molecule has 12 aromatic rings. The van der Waals surface area contributed by atoms with Gasteiger partial charge in [-0.05, 0) is 113 Å². The maximum atomic E-state index is 6.50. The molecule has 0 saturated carbocycles. The second-order valence-corrected chi connectivity index (χ2v) is 14.3. The number of fused-ring (bicyclic) bond motifs is 11. The summed E-state index contributed by atoms with van der Waals surface area (Å²) in [5.74, 6) is 0. The van der Waals surface area contributed by atoms with Crippen LogP contribution in [0.2, 0.25) is 0 Å². The Hall–Kier alpha value is -7.16. The third kappa shape index (κ3) is 4.17. The van der Waals surface area contributed by atoms with Gasteiger partial charge in [-0.2, -0.15) is 0 Å². The van der Waals surface area contributed by atoms with Crippen LogP contribution in [-0.4, -0.2) is 0 Å². The number of furan rings is 2. The van der Waals surface area contributed by atoms with E-state index in [-0.39, 0.29) is 0 Å². The van der Waals surface area contributed by atoms with Gasteiger partial charge in [0.15, 0.2) is 11.2 Å². The van der Waals surface area contributed by atoms with E-state index in [2.05, 4.69) is 164 Å². The second kappa shape index (κ2) is 11.2. The van der Waals surface area contributed by atoms with Crippen molar-refractivity contribution < 1.29 is 8.83 Å². The molecular formula is C52H30O2. The van der Waals surface area contributed by atoms with E-state index < -0.39 is 0 Å². The van der Waals surface area contributed by atoms with E-state index in [0.717, 1.165) is 49.4 Å². The van der Waals surface area contributed by atoms with Gasteiger partial charge in [-0.15, -0.1) is 0 Å². The molecule has 0 unspecified atom stereocenters. The van der Waals surface area contributed by atoms with Crippen LogP contribution in [0, 0.1) is 0 Å². The van der Waals surface area contributed by atoms with Crippen LogP contribution in [0.5, 0.6) is 0 Å². The first-order valence-electron chi connectivity index (χ1n) is 18.5. The average molecular weight is 687 g/mol. The molecule has 2 aromatic heterocycles. The molecule has 10 aromatic carbocycles. The highest BCUT2D eigenvalue weighted by atomic mass is 16.4. The zero-order chi connectivity index (χ0) is 35.3. The molecule has 0 fully saturated rings. The first-order chi connectivity index (χ1) is 26.8. The fourth-order valence-electron chi connectivity index (χ4n) is 9.03. The van der Waals surface area contributed by atoms with Gasteiger partial charge in [-0.25, -0.2) is 0 Å². The highest BCUT2D eigenvalue weighted by molar-refractivity contribution is 6.25. The van der Waals surface area contributed by atoms with E-state index in [1.54, 1.807) is 0 Å². The van der Waals surface area contributed by atoms with Crippen molar-refractivity contribution in [1.82, 2.24) is 0 Å². The van der Waals surface area contributed by atoms with Crippen LogP contribution in [0.1, 0.15) is 0 Å². The molecule has 2 heteroatoms. The Balaban J connectivity index is 1.08. The predicted molar refractivity (Wildman–Crippen MR) is 227 cm³/mol. The summed E-state index contributed by atoms with van der Waals surface area (Å²) in [5, 5.41) is 14.3. The molecule has 2 nitrogen and oxygen atoms in total. The topological polar surface area (TPSA) is 26.3 Å². The smallest absolute Gasteiger partial charge is 0.178 e. The predicted octanol–water partition coefficient (Wildman–Crippen LogP) is 15.1. The molecule has 0 saturated heterocycles. The van der Waals surface area contributed by atoms with Crippen LogP contribution >= 0.6 is 0 Å². The van der Waals surface area contributed by atoms with Gasteiger partial charge in [0.05, 0.1) is 0 Å². The maximum Gasteiger partial charge on any atom is 0.178 e. The summed E-state index contributed by atoms with van der Waals surface area (Å²) >= 11 is 0. The Kier molecular flexibility index (Phi) is 6.09. The van der Waals surface area contributed by atoms with Crippen molar-refractivity contribution in [2.75, 3.05) is 0 Å². The molecule has 0 atom stereocenters. The summed E-state index contributed by atoms with van der Waals surface area (Å²) < 4.78 is 12.8. The number of benzene rings is 10. The molecular weight excluding hydrogens is 657 g/mol. The Morgan fingerprint density at radius 3 is 1.46 bits per heavy atom. The third-order valence-corrected chi connectivity index (χ3v) is 11.5. The Bertz CT molecular complexity index is 3450. The molecule has 0 amide bonds. The Labute approximate surface area is 310 Å². The zero-order valence-electron chi connectivity index (χ0n) is 29.1. The van der Waals surface area contributed by atoms with Gasteiger partial charge in [0.1, 0.15) is 11.2 Å². The minimum atomic E-state index is 0.793. The van der Waals surface area contributed by atoms with E-state index in [9.17, 15) is 0 Å². The molecule has 0 aliphatic carbocycles. The van der Waals surface area contributed by atoms with Gasteiger partial charge in [-0.3, -0.25) is 0 Å². The molecule has 2 heterocycles. The fourth-order valence-corrected chi connectivity index (χ4v) is 9.03.